The average molecular weight is 972 g/mol. The summed E-state index contributed by atoms with van der Waals surface area (Å²) in [5.74, 6) is -0.611. The van der Waals surface area contributed by atoms with Gasteiger partial charge in [-0.3, -0.25) is 13.8 Å². The highest BCUT2D eigenvalue weighted by Crippen LogP contribution is 2.47. The lowest BCUT2D eigenvalue weighted by molar-refractivity contribution is -0.220. The highest BCUT2D eigenvalue weighted by molar-refractivity contribution is 7.47. The highest BCUT2D eigenvalue weighted by Gasteiger charge is 2.51. The minimum Gasteiger partial charge on any atom is -0.393 e. The lowest BCUT2D eigenvalue weighted by atomic mass is 9.85. The van der Waals surface area contributed by atoms with Crippen molar-refractivity contribution < 1.29 is 59.0 Å². The number of rotatable bonds is 44. The van der Waals surface area contributed by atoms with Crippen molar-refractivity contribution in [2.45, 2.75) is 274 Å². The summed E-state index contributed by atoms with van der Waals surface area (Å²) in [5.41, 5.74) is 0. The number of phosphoric ester groups is 1. The predicted octanol–water partition coefficient (Wildman–Crippen LogP) is 10.3. The smallest absolute Gasteiger partial charge is 0.393 e. The summed E-state index contributed by atoms with van der Waals surface area (Å²) >= 11 is 0. The Bertz CT molecular complexity index is 1330. The van der Waals surface area contributed by atoms with Crippen LogP contribution in [0.15, 0.2) is 48.6 Å². The molecule has 1 rings (SSSR count). The number of allylic oxidation sites excluding steroid dienone is 7. The molecular formula is C53H98NO12P. The van der Waals surface area contributed by atoms with Gasteiger partial charge in [-0.2, -0.15) is 0 Å². The zero-order valence-corrected chi connectivity index (χ0v) is 42.7. The molecule has 9 N–H and O–H groups in total. The molecule has 1 saturated carbocycles. The van der Waals surface area contributed by atoms with E-state index in [0.717, 1.165) is 64.2 Å². The van der Waals surface area contributed by atoms with E-state index in [1.165, 1.54) is 122 Å². The number of phosphoric acid groups is 1. The molecule has 0 aliphatic heterocycles. The van der Waals surface area contributed by atoms with Gasteiger partial charge in [0, 0.05) is 0 Å². The molecule has 0 aromatic carbocycles. The summed E-state index contributed by atoms with van der Waals surface area (Å²) in [5, 5.41) is 74.7. The first-order chi connectivity index (χ1) is 32.3. The van der Waals surface area contributed by atoms with Crippen molar-refractivity contribution in [1.29, 1.82) is 0 Å². The van der Waals surface area contributed by atoms with Gasteiger partial charge in [0.1, 0.15) is 36.6 Å². The normalized spacial score (nSPS) is 22.6. The van der Waals surface area contributed by atoms with Crippen LogP contribution in [0.3, 0.4) is 0 Å². The fourth-order valence-corrected chi connectivity index (χ4v) is 9.23. The number of carbonyl (C=O) groups is 1. The van der Waals surface area contributed by atoms with Crippen molar-refractivity contribution in [2.24, 2.45) is 0 Å². The second-order valence-electron chi connectivity index (χ2n) is 18.9. The average Bonchev–Trinajstić information content (AvgIpc) is 3.30. The van der Waals surface area contributed by atoms with Gasteiger partial charge in [0.25, 0.3) is 0 Å². The summed E-state index contributed by atoms with van der Waals surface area (Å²) in [6.45, 7) is 3.74. The van der Waals surface area contributed by atoms with Gasteiger partial charge in [0.05, 0.1) is 31.3 Å². The summed E-state index contributed by atoms with van der Waals surface area (Å²) in [6, 6.07) is -1.27. The van der Waals surface area contributed by atoms with Gasteiger partial charge in [-0.25, -0.2) is 4.57 Å². The van der Waals surface area contributed by atoms with Gasteiger partial charge < -0.3 is 46.0 Å². The number of nitrogens with one attached hydrogen (secondary N) is 1. The topological polar surface area (TPSA) is 226 Å². The van der Waals surface area contributed by atoms with Crippen LogP contribution < -0.4 is 5.32 Å². The van der Waals surface area contributed by atoms with E-state index in [1.807, 2.05) is 0 Å². The number of amides is 1. The summed E-state index contributed by atoms with van der Waals surface area (Å²) in [6.07, 6.45) is 37.6. The van der Waals surface area contributed by atoms with E-state index >= 15 is 0 Å². The maximum absolute atomic E-state index is 13.1. The van der Waals surface area contributed by atoms with Crippen molar-refractivity contribution in [1.82, 2.24) is 5.32 Å². The zero-order chi connectivity index (χ0) is 49.4. The Labute approximate surface area is 406 Å². The maximum atomic E-state index is 13.1. The molecule has 0 aromatic rings. The second kappa shape index (κ2) is 42.0. The third-order valence-electron chi connectivity index (χ3n) is 12.6. The Morgan fingerprint density at radius 3 is 1.31 bits per heavy atom. The van der Waals surface area contributed by atoms with Crippen LogP contribution in [-0.2, 0) is 18.4 Å². The van der Waals surface area contributed by atoms with Gasteiger partial charge in [0.15, 0.2) is 0 Å². The van der Waals surface area contributed by atoms with Crippen LogP contribution in [0.2, 0.25) is 0 Å². The fraction of sp³-hybridized carbons (Fsp3) is 0.830. The van der Waals surface area contributed by atoms with Crippen LogP contribution in [0.5, 0.6) is 0 Å². The van der Waals surface area contributed by atoms with E-state index in [9.17, 15) is 50.0 Å². The third kappa shape index (κ3) is 33.5. The minimum absolute atomic E-state index is 0.262. The monoisotopic (exact) mass is 972 g/mol. The lowest BCUT2D eigenvalue weighted by Crippen LogP contribution is -2.64. The van der Waals surface area contributed by atoms with Gasteiger partial charge in [-0.1, -0.05) is 191 Å². The van der Waals surface area contributed by atoms with Gasteiger partial charge in [0.2, 0.25) is 5.91 Å². The Morgan fingerprint density at radius 2 is 0.881 bits per heavy atom. The van der Waals surface area contributed by atoms with Crippen LogP contribution >= 0.6 is 7.82 Å². The van der Waals surface area contributed by atoms with Crippen LogP contribution in [0.1, 0.15) is 219 Å². The fourth-order valence-electron chi connectivity index (χ4n) is 8.27. The SMILES string of the molecule is CCCCCCCCCCC/C=C\CCCCCCCC(O)CC(=O)NC(COP(=O)(O)OC1C(O)C(O)C(O)C(O)C1O)C(O)/C=C/CC/C=C/CC/C=C/CCCCCCCCCCC. The maximum Gasteiger partial charge on any atom is 0.472 e. The van der Waals surface area contributed by atoms with Gasteiger partial charge >= 0.3 is 7.82 Å². The number of hydrogen-bond donors (Lipinski definition) is 9. The Balaban J connectivity index is 2.52. The van der Waals surface area contributed by atoms with Crippen molar-refractivity contribution in [2.75, 3.05) is 6.61 Å². The number of aliphatic hydroxyl groups excluding tert-OH is 7. The molecule has 392 valence electrons. The molecule has 1 amide bonds. The lowest BCUT2D eigenvalue weighted by Gasteiger charge is -2.41. The molecule has 0 radical (unpaired) electrons. The van der Waals surface area contributed by atoms with Crippen LogP contribution in [0.4, 0.5) is 0 Å². The molecule has 1 aliphatic rings. The van der Waals surface area contributed by atoms with Crippen molar-refractivity contribution in [3.8, 4) is 0 Å². The third-order valence-corrected chi connectivity index (χ3v) is 13.6. The molecule has 14 heteroatoms. The first kappa shape index (κ1) is 63.3. The standard InChI is InChI=1S/C53H98NO12P/c1-3-5-7-9-11-13-15-17-19-21-23-25-27-29-31-33-35-37-39-41-46(56)45(43-65-67(63,64)66-53-51(61)49(59)48(58)50(60)52(53)62)54-47(57)42-44(55)40-38-36-34-32-30-28-26-24-22-20-18-16-14-12-10-8-6-4-2/h23-26,31,33,39,41,44-46,48-53,55-56,58-62H,3-22,27-30,32,34-38,40,42-43H2,1-2H3,(H,54,57)(H,63,64)/b25-23+,26-24-,33-31+,41-39+. The summed E-state index contributed by atoms with van der Waals surface area (Å²) < 4.78 is 22.9. The van der Waals surface area contributed by atoms with Crippen LogP contribution in [-0.4, -0.2) is 108 Å². The van der Waals surface area contributed by atoms with Gasteiger partial charge in [-0.15, -0.1) is 0 Å². The van der Waals surface area contributed by atoms with E-state index < -0.39 is 75.2 Å². The Kier molecular flexibility index (Phi) is 39.7. The van der Waals surface area contributed by atoms with E-state index in [1.54, 1.807) is 6.08 Å². The van der Waals surface area contributed by atoms with Crippen molar-refractivity contribution in [3.05, 3.63) is 48.6 Å². The van der Waals surface area contributed by atoms with E-state index in [2.05, 4.69) is 55.6 Å². The number of carbonyl (C=O) groups excluding carboxylic acids is 1. The minimum atomic E-state index is -5.16. The first-order valence-electron chi connectivity index (χ1n) is 26.7. The second-order valence-corrected chi connectivity index (χ2v) is 20.3. The Morgan fingerprint density at radius 1 is 0.522 bits per heavy atom. The zero-order valence-electron chi connectivity index (χ0n) is 41.8. The molecule has 0 spiro atoms. The van der Waals surface area contributed by atoms with E-state index in [0.29, 0.717) is 19.3 Å². The molecule has 0 aromatic heterocycles. The van der Waals surface area contributed by atoms with Crippen molar-refractivity contribution in [3.63, 3.8) is 0 Å². The largest absolute Gasteiger partial charge is 0.472 e. The molecule has 1 fully saturated rings. The molecule has 13 nitrogen and oxygen atoms in total. The highest BCUT2D eigenvalue weighted by atomic mass is 31.2. The van der Waals surface area contributed by atoms with E-state index in [4.69, 9.17) is 9.05 Å². The number of unbranched alkanes of at least 4 members (excludes halogenated alkanes) is 25. The molecular weight excluding hydrogens is 874 g/mol. The molecule has 8 atom stereocenters. The Hall–Kier alpha value is -1.74. The molecule has 0 bridgehead atoms. The molecule has 0 heterocycles. The summed E-state index contributed by atoms with van der Waals surface area (Å²) in [4.78, 5) is 23.5. The van der Waals surface area contributed by atoms with Crippen LogP contribution in [0, 0.1) is 0 Å². The quantitative estimate of drug-likeness (QED) is 0.0158. The number of aliphatic hydroxyl groups is 7. The summed E-state index contributed by atoms with van der Waals surface area (Å²) in [7, 11) is -5.16. The van der Waals surface area contributed by atoms with Crippen LogP contribution in [0.25, 0.3) is 0 Å². The number of hydrogen-bond acceptors (Lipinski definition) is 11. The van der Waals surface area contributed by atoms with Gasteiger partial charge in [-0.05, 0) is 70.6 Å². The molecule has 8 unspecified atom stereocenters. The van der Waals surface area contributed by atoms with Crippen molar-refractivity contribution >= 4 is 13.7 Å². The molecule has 1 aliphatic carbocycles. The first-order valence-corrected chi connectivity index (χ1v) is 28.2. The van der Waals surface area contributed by atoms with E-state index in [-0.39, 0.29) is 6.42 Å². The molecule has 67 heavy (non-hydrogen) atoms. The predicted molar refractivity (Wildman–Crippen MR) is 270 cm³/mol. The molecule has 0 saturated heterocycles.